The van der Waals surface area contributed by atoms with E-state index >= 15 is 0 Å². The second kappa shape index (κ2) is 9.95. The number of fused-ring (bicyclic) bond motifs is 2. The zero-order valence-corrected chi connectivity index (χ0v) is 19.6. The number of hydrogen-bond donors (Lipinski definition) is 1. The lowest BCUT2D eigenvalue weighted by atomic mass is 9.86. The monoisotopic (exact) mass is 460 g/mol. The molecule has 1 N–H and O–H groups in total. The molecule has 0 saturated heterocycles. The van der Waals surface area contributed by atoms with Crippen LogP contribution >= 0.6 is 0 Å². The zero-order chi connectivity index (χ0) is 24.2. The first kappa shape index (κ1) is 23.3. The van der Waals surface area contributed by atoms with Crippen molar-refractivity contribution in [1.82, 2.24) is 9.88 Å². The molecule has 7 nitrogen and oxygen atoms in total. The highest BCUT2D eigenvalue weighted by molar-refractivity contribution is 6.05. The lowest BCUT2D eigenvalue weighted by Gasteiger charge is -2.22. The molecule has 1 amide bonds. The summed E-state index contributed by atoms with van der Waals surface area (Å²) in [6.45, 7) is 2.27. The van der Waals surface area contributed by atoms with E-state index in [1.54, 1.807) is 20.2 Å². The van der Waals surface area contributed by atoms with Gasteiger partial charge in [-0.15, -0.1) is 0 Å². The van der Waals surface area contributed by atoms with Crippen LogP contribution in [0.3, 0.4) is 0 Å². The van der Waals surface area contributed by atoms with Crippen molar-refractivity contribution < 1.29 is 24.2 Å². The van der Waals surface area contributed by atoms with Gasteiger partial charge in [0.2, 0.25) is 0 Å². The Balaban J connectivity index is 1.74. The summed E-state index contributed by atoms with van der Waals surface area (Å²) in [7, 11) is 3.36. The number of para-hydroxylation sites is 1. The number of pyridine rings is 1. The van der Waals surface area contributed by atoms with Gasteiger partial charge in [0, 0.05) is 19.5 Å². The van der Waals surface area contributed by atoms with Crippen LogP contribution in [0, 0.1) is 0 Å². The number of aromatic carboxylic acids is 1. The molecule has 0 atom stereocenters. The second-order valence-corrected chi connectivity index (χ2v) is 8.38. The summed E-state index contributed by atoms with van der Waals surface area (Å²) in [4.78, 5) is 30.4. The molecular formula is C27H28N2O5. The lowest BCUT2D eigenvalue weighted by molar-refractivity contribution is -0.130. The third kappa shape index (κ3) is 4.73. The molecule has 1 aromatic heterocycles. The summed E-state index contributed by atoms with van der Waals surface area (Å²) in [5, 5.41) is 10.6. The van der Waals surface area contributed by atoms with Crippen LogP contribution in [0.5, 0.6) is 11.5 Å². The molecule has 34 heavy (non-hydrogen) atoms. The Kier molecular flexibility index (Phi) is 6.82. The molecule has 3 aromatic rings. The van der Waals surface area contributed by atoms with E-state index in [1.165, 1.54) is 4.90 Å². The molecule has 1 aliphatic rings. The van der Waals surface area contributed by atoms with Gasteiger partial charge in [-0.2, -0.15) is 0 Å². The van der Waals surface area contributed by atoms with E-state index in [0.717, 1.165) is 35.2 Å². The molecule has 1 aliphatic carbocycles. The summed E-state index contributed by atoms with van der Waals surface area (Å²) >= 11 is 0. The van der Waals surface area contributed by atoms with Gasteiger partial charge in [-0.05, 0) is 67.2 Å². The van der Waals surface area contributed by atoms with Gasteiger partial charge in [-0.25, -0.2) is 9.78 Å². The lowest BCUT2D eigenvalue weighted by Crippen LogP contribution is -2.27. The van der Waals surface area contributed by atoms with Gasteiger partial charge in [0.1, 0.15) is 0 Å². The van der Waals surface area contributed by atoms with E-state index in [9.17, 15) is 14.7 Å². The van der Waals surface area contributed by atoms with Crippen molar-refractivity contribution in [1.29, 1.82) is 0 Å². The SMILES string of the molecule is CCOc1cc(/C=C2\CCCc3c2nc2ccccc2c3C(=O)O)ccc1OCC(=O)N(C)C. The van der Waals surface area contributed by atoms with Gasteiger partial charge in [-0.1, -0.05) is 24.3 Å². The van der Waals surface area contributed by atoms with Gasteiger partial charge in [0.05, 0.1) is 23.4 Å². The van der Waals surface area contributed by atoms with Crippen molar-refractivity contribution in [2.45, 2.75) is 26.2 Å². The highest BCUT2D eigenvalue weighted by Crippen LogP contribution is 2.37. The van der Waals surface area contributed by atoms with Gasteiger partial charge >= 0.3 is 5.97 Å². The van der Waals surface area contributed by atoms with Crippen LogP contribution in [-0.4, -0.2) is 54.2 Å². The normalized spacial score (nSPS) is 14.0. The highest BCUT2D eigenvalue weighted by atomic mass is 16.5. The van der Waals surface area contributed by atoms with Crippen molar-refractivity contribution in [3.05, 3.63) is 64.8 Å². The maximum absolute atomic E-state index is 12.2. The second-order valence-electron chi connectivity index (χ2n) is 8.38. The Hall–Kier alpha value is -3.87. The number of likely N-dealkylation sites (N-methyl/N-ethyl adjacent to an activating group) is 1. The minimum absolute atomic E-state index is 0.0736. The fourth-order valence-corrected chi connectivity index (χ4v) is 4.19. The summed E-state index contributed by atoms with van der Waals surface area (Å²) in [6.07, 6.45) is 4.37. The molecule has 4 rings (SSSR count). The van der Waals surface area contributed by atoms with Gasteiger partial charge < -0.3 is 19.5 Å². The number of carboxylic acids is 1. The predicted molar refractivity (Wildman–Crippen MR) is 131 cm³/mol. The van der Waals surface area contributed by atoms with Crippen LogP contribution in [0.1, 0.15) is 46.9 Å². The van der Waals surface area contributed by atoms with Crippen LogP contribution in [0.2, 0.25) is 0 Å². The number of carbonyl (C=O) groups is 2. The summed E-state index contributed by atoms with van der Waals surface area (Å²) in [6, 6.07) is 12.9. The fourth-order valence-electron chi connectivity index (χ4n) is 4.19. The standard InChI is InChI=1S/C27H28N2O5/c1-4-33-23-15-17(12-13-22(23)34-16-24(30)29(2)3)14-18-8-7-10-20-25(27(31)32)19-9-5-6-11-21(19)28-26(18)20/h5-6,9,11-15H,4,7-8,10,16H2,1-3H3,(H,31,32)/b18-14+. The van der Waals surface area contributed by atoms with Crippen molar-refractivity contribution in [2.75, 3.05) is 27.3 Å². The van der Waals surface area contributed by atoms with Crippen LogP contribution < -0.4 is 9.47 Å². The number of ether oxygens (including phenoxy) is 2. The number of nitrogens with zero attached hydrogens (tertiary/aromatic N) is 2. The molecule has 2 aromatic carbocycles. The predicted octanol–water partition coefficient (Wildman–Crippen LogP) is 4.68. The molecule has 0 fully saturated rings. The maximum Gasteiger partial charge on any atom is 0.336 e. The van der Waals surface area contributed by atoms with E-state index in [0.29, 0.717) is 41.0 Å². The third-order valence-electron chi connectivity index (χ3n) is 5.84. The fraction of sp³-hybridized carbons (Fsp3) is 0.296. The number of hydrogen-bond acceptors (Lipinski definition) is 5. The number of aromatic nitrogens is 1. The molecule has 176 valence electrons. The minimum Gasteiger partial charge on any atom is -0.490 e. The van der Waals surface area contributed by atoms with E-state index in [2.05, 4.69) is 0 Å². The van der Waals surface area contributed by atoms with Gasteiger partial charge in [0.15, 0.2) is 18.1 Å². The Labute approximate surface area is 198 Å². The Bertz CT molecular complexity index is 1280. The van der Waals surface area contributed by atoms with Crippen molar-refractivity contribution in [3.63, 3.8) is 0 Å². The number of benzene rings is 2. The number of carboxylic acid groups (broad SMARTS) is 1. The zero-order valence-electron chi connectivity index (χ0n) is 19.6. The van der Waals surface area contributed by atoms with E-state index in [-0.39, 0.29) is 12.5 Å². The smallest absolute Gasteiger partial charge is 0.336 e. The Morgan fingerprint density at radius 3 is 2.62 bits per heavy atom. The molecule has 1 heterocycles. The number of rotatable bonds is 7. The molecular weight excluding hydrogens is 432 g/mol. The van der Waals surface area contributed by atoms with Crippen LogP contribution in [-0.2, 0) is 11.2 Å². The first-order valence-corrected chi connectivity index (χ1v) is 11.3. The third-order valence-corrected chi connectivity index (χ3v) is 5.84. The van der Waals surface area contributed by atoms with Crippen molar-refractivity contribution >= 4 is 34.4 Å². The molecule has 0 spiro atoms. The van der Waals surface area contributed by atoms with E-state index in [1.807, 2.05) is 49.4 Å². The van der Waals surface area contributed by atoms with Gasteiger partial charge in [-0.3, -0.25) is 4.79 Å². The average Bonchev–Trinajstić information content (AvgIpc) is 2.82. The van der Waals surface area contributed by atoms with Crippen molar-refractivity contribution in [2.24, 2.45) is 0 Å². The highest BCUT2D eigenvalue weighted by Gasteiger charge is 2.25. The minimum atomic E-state index is -0.927. The van der Waals surface area contributed by atoms with Crippen molar-refractivity contribution in [3.8, 4) is 11.5 Å². The van der Waals surface area contributed by atoms with E-state index in [4.69, 9.17) is 14.5 Å². The molecule has 7 heteroatoms. The van der Waals surface area contributed by atoms with E-state index < -0.39 is 5.97 Å². The largest absolute Gasteiger partial charge is 0.490 e. The molecule has 0 bridgehead atoms. The summed E-state index contributed by atoms with van der Waals surface area (Å²) in [5.74, 6) is -0.0128. The Morgan fingerprint density at radius 2 is 1.88 bits per heavy atom. The summed E-state index contributed by atoms with van der Waals surface area (Å²) < 4.78 is 11.5. The number of carbonyl (C=O) groups excluding carboxylic acids is 1. The number of amides is 1. The molecule has 0 radical (unpaired) electrons. The summed E-state index contributed by atoms with van der Waals surface area (Å²) in [5.41, 5.74) is 4.44. The van der Waals surface area contributed by atoms with Crippen LogP contribution in [0.15, 0.2) is 42.5 Å². The average molecular weight is 461 g/mol. The van der Waals surface area contributed by atoms with Crippen LogP contribution in [0.4, 0.5) is 0 Å². The number of allylic oxidation sites excluding steroid dienone is 1. The molecule has 0 aliphatic heterocycles. The molecule has 0 unspecified atom stereocenters. The topological polar surface area (TPSA) is 89.0 Å². The Morgan fingerprint density at radius 1 is 1.09 bits per heavy atom. The van der Waals surface area contributed by atoms with Crippen LogP contribution in [0.25, 0.3) is 22.6 Å². The van der Waals surface area contributed by atoms with Gasteiger partial charge in [0.25, 0.3) is 5.91 Å². The maximum atomic E-state index is 12.2. The quantitative estimate of drug-likeness (QED) is 0.551. The molecule has 0 saturated carbocycles. The first-order chi connectivity index (χ1) is 16.4. The first-order valence-electron chi connectivity index (χ1n) is 11.3.